The summed E-state index contributed by atoms with van der Waals surface area (Å²) < 4.78 is 0. The van der Waals surface area contributed by atoms with Gasteiger partial charge in [0.1, 0.15) is 0 Å². The van der Waals surface area contributed by atoms with Gasteiger partial charge in [-0.1, -0.05) is 246 Å². The predicted molar refractivity (Wildman–Crippen MR) is 187 cm³/mol. The number of unbranched alkanes of at least 4 members (excludes halogenated alkanes) is 27. The van der Waals surface area contributed by atoms with E-state index in [-0.39, 0.29) is 0 Å². The second-order valence-electron chi connectivity index (χ2n) is 14.3. The maximum Gasteiger partial charge on any atom is -0.0443 e. The third-order valence-corrected chi connectivity index (χ3v) is 9.74. The Morgan fingerprint density at radius 1 is 0.225 bits per heavy atom. The van der Waals surface area contributed by atoms with Gasteiger partial charge in [-0.25, -0.2) is 0 Å². The molecule has 0 N–H and O–H groups in total. The molecule has 0 radical (unpaired) electrons. The minimum atomic E-state index is 0.963. The number of hydrogen-bond donors (Lipinski definition) is 0. The first-order valence-electron chi connectivity index (χ1n) is 19.7. The van der Waals surface area contributed by atoms with Gasteiger partial charge in [-0.15, -0.1) is 0 Å². The molecule has 0 spiro atoms. The van der Waals surface area contributed by atoms with Crippen molar-refractivity contribution in [2.45, 2.75) is 246 Å². The fourth-order valence-electron chi connectivity index (χ4n) is 6.64. The second-order valence-corrected chi connectivity index (χ2v) is 14.3. The van der Waals surface area contributed by atoms with Crippen LogP contribution in [-0.4, -0.2) is 0 Å². The maximum atomic E-state index is 2.51. The molecule has 2 unspecified atom stereocenters. The normalized spacial score (nSPS) is 13.2. The summed E-state index contributed by atoms with van der Waals surface area (Å²) >= 11 is 0. The SMILES string of the molecule is CCCCCCCCCCCCCCCCCCCCCC(C)CCCCCCCCCCCC(C)CCCC. The van der Waals surface area contributed by atoms with Crippen LogP contribution in [-0.2, 0) is 0 Å². The van der Waals surface area contributed by atoms with Crippen molar-refractivity contribution in [2.75, 3.05) is 0 Å². The van der Waals surface area contributed by atoms with Gasteiger partial charge in [-0.05, 0) is 11.8 Å². The first-order chi connectivity index (χ1) is 19.7. The molecule has 0 heteroatoms. The van der Waals surface area contributed by atoms with Crippen molar-refractivity contribution in [3.63, 3.8) is 0 Å². The molecule has 0 saturated heterocycles. The van der Waals surface area contributed by atoms with Crippen LogP contribution >= 0.6 is 0 Å². The predicted octanol–water partition coefficient (Wildman–Crippen LogP) is 15.6. The molecule has 0 bridgehead atoms. The molecule has 0 amide bonds. The summed E-state index contributed by atoms with van der Waals surface area (Å²) in [6.07, 6.45) is 50.1. The molecule has 0 aromatic rings. The fraction of sp³-hybridized carbons (Fsp3) is 1.00. The van der Waals surface area contributed by atoms with E-state index in [4.69, 9.17) is 0 Å². The van der Waals surface area contributed by atoms with Gasteiger partial charge in [-0.2, -0.15) is 0 Å². The molecule has 0 saturated carbocycles. The maximum absolute atomic E-state index is 2.51. The van der Waals surface area contributed by atoms with Crippen LogP contribution in [0.4, 0.5) is 0 Å². The van der Waals surface area contributed by atoms with E-state index in [0.29, 0.717) is 0 Å². The molecule has 0 rings (SSSR count). The number of rotatable bonds is 35. The Morgan fingerprint density at radius 3 is 0.625 bits per heavy atom. The minimum absolute atomic E-state index is 0.963. The first kappa shape index (κ1) is 40.0. The van der Waals surface area contributed by atoms with Crippen LogP contribution in [0.3, 0.4) is 0 Å². The van der Waals surface area contributed by atoms with Gasteiger partial charge in [0.2, 0.25) is 0 Å². The summed E-state index contributed by atoms with van der Waals surface area (Å²) in [6.45, 7) is 9.59. The van der Waals surface area contributed by atoms with Crippen molar-refractivity contribution in [1.82, 2.24) is 0 Å². The molecular formula is C40H82. The standard InChI is InChI=1S/C40H82/c1-5-7-9-10-11-12-13-14-15-16-17-18-19-20-21-23-26-30-33-37-40(4)38-34-31-28-25-22-24-27-29-32-36-39(3)35-8-6-2/h39-40H,5-38H2,1-4H3. The topological polar surface area (TPSA) is 0 Å². The molecule has 0 heterocycles. The van der Waals surface area contributed by atoms with Crippen molar-refractivity contribution in [3.05, 3.63) is 0 Å². The van der Waals surface area contributed by atoms with Crippen LogP contribution in [0, 0.1) is 11.8 Å². The van der Waals surface area contributed by atoms with E-state index in [1.165, 1.54) is 218 Å². The average molecular weight is 563 g/mol. The second kappa shape index (κ2) is 35.2. The van der Waals surface area contributed by atoms with Crippen LogP contribution in [0.2, 0.25) is 0 Å². The summed E-state index contributed by atoms with van der Waals surface area (Å²) in [5.41, 5.74) is 0. The van der Waals surface area contributed by atoms with Gasteiger partial charge in [0.15, 0.2) is 0 Å². The Bertz CT molecular complexity index is 426. The lowest BCUT2D eigenvalue weighted by Gasteiger charge is -2.11. The molecule has 0 aliphatic rings. The van der Waals surface area contributed by atoms with Crippen LogP contribution in [0.25, 0.3) is 0 Å². The van der Waals surface area contributed by atoms with E-state index < -0.39 is 0 Å². The largest absolute Gasteiger partial charge is 0.0654 e. The van der Waals surface area contributed by atoms with Gasteiger partial charge >= 0.3 is 0 Å². The summed E-state index contributed by atoms with van der Waals surface area (Å²) in [4.78, 5) is 0. The van der Waals surface area contributed by atoms with Gasteiger partial charge in [0.25, 0.3) is 0 Å². The van der Waals surface area contributed by atoms with Crippen LogP contribution in [0.15, 0.2) is 0 Å². The van der Waals surface area contributed by atoms with Crippen molar-refractivity contribution in [3.8, 4) is 0 Å². The molecule has 0 aliphatic heterocycles. The Morgan fingerprint density at radius 2 is 0.400 bits per heavy atom. The fourth-order valence-corrected chi connectivity index (χ4v) is 6.64. The Kier molecular flexibility index (Phi) is 35.2. The number of hydrogen-bond acceptors (Lipinski definition) is 0. The lowest BCUT2D eigenvalue weighted by Crippen LogP contribution is -1.95. The smallest absolute Gasteiger partial charge is 0.0443 e. The monoisotopic (exact) mass is 563 g/mol. The molecule has 0 aromatic carbocycles. The van der Waals surface area contributed by atoms with Crippen LogP contribution < -0.4 is 0 Å². The average Bonchev–Trinajstić information content (AvgIpc) is 2.96. The zero-order valence-electron chi connectivity index (χ0n) is 29.2. The van der Waals surface area contributed by atoms with Crippen LogP contribution in [0.1, 0.15) is 246 Å². The lowest BCUT2D eigenvalue weighted by atomic mass is 9.95. The molecule has 40 heavy (non-hydrogen) atoms. The first-order valence-corrected chi connectivity index (χ1v) is 19.7. The van der Waals surface area contributed by atoms with Crippen molar-refractivity contribution < 1.29 is 0 Å². The summed E-state index contributed by atoms with van der Waals surface area (Å²) in [5, 5.41) is 0. The van der Waals surface area contributed by atoms with Crippen molar-refractivity contribution in [2.24, 2.45) is 11.8 Å². The van der Waals surface area contributed by atoms with E-state index in [1.807, 2.05) is 0 Å². The van der Waals surface area contributed by atoms with Gasteiger partial charge in [0, 0.05) is 0 Å². The third-order valence-electron chi connectivity index (χ3n) is 9.74. The highest BCUT2D eigenvalue weighted by Gasteiger charge is 2.03. The highest BCUT2D eigenvalue weighted by atomic mass is 14.1. The molecular weight excluding hydrogens is 480 g/mol. The zero-order chi connectivity index (χ0) is 29.2. The quantitative estimate of drug-likeness (QED) is 0.0674. The molecule has 2 atom stereocenters. The Balaban J connectivity index is 3.17. The van der Waals surface area contributed by atoms with Gasteiger partial charge in [-0.3, -0.25) is 0 Å². The summed E-state index contributed by atoms with van der Waals surface area (Å²) in [6, 6.07) is 0. The molecule has 0 nitrogen and oxygen atoms in total. The summed E-state index contributed by atoms with van der Waals surface area (Å²) in [5.74, 6) is 1.93. The van der Waals surface area contributed by atoms with E-state index in [2.05, 4.69) is 27.7 Å². The molecule has 0 aromatic heterocycles. The van der Waals surface area contributed by atoms with E-state index in [0.717, 1.165) is 11.8 Å². The minimum Gasteiger partial charge on any atom is -0.0654 e. The molecule has 242 valence electrons. The zero-order valence-corrected chi connectivity index (χ0v) is 29.2. The van der Waals surface area contributed by atoms with E-state index in [1.54, 1.807) is 0 Å². The van der Waals surface area contributed by atoms with Crippen molar-refractivity contribution >= 4 is 0 Å². The van der Waals surface area contributed by atoms with Gasteiger partial charge < -0.3 is 0 Å². The lowest BCUT2D eigenvalue weighted by molar-refractivity contribution is 0.427. The van der Waals surface area contributed by atoms with Gasteiger partial charge in [0.05, 0.1) is 0 Å². The van der Waals surface area contributed by atoms with Crippen molar-refractivity contribution in [1.29, 1.82) is 0 Å². The van der Waals surface area contributed by atoms with E-state index in [9.17, 15) is 0 Å². The third kappa shape index (κ3) is 34.2. The van der Waals surface area contributed by atoms with E-state index >= 15 is 0 Å². The Labute approximate surface area is 257 Å². The molecule has 0 aliphatic carbocycles. The van der Waals surface area contributed by atoms with Crippen LogP contribution in [0.5, 0.6) is 0 Å². The molecule has 0 fully saturated rings. The highest BCUT2D eigenvalue weighted by molar-refractivity contribution is 4.57. The Hall–Kier alpha value is 0. The highest BCUT2D eigenvalue weighted by Crippen LogP contribution is 2.20. The summed E-state index contributed by atoms with van der Waals surface area (Å²) in [7, 11) is 0.